The Morgan fingerprint density at radius 3 is 2.82 bits per heavy atom. The molecule has 3 atom stereocenters. The number of carbonyl (C=O) groups is 2. The molecule has 1 heterocycles. The lowest BCUT2D eigenvalue weighted by molar-refractivity contribution is -0.163. The van der Waals surface area contributed by atoms with Gasteiger partial charge >= 0.3 is 5.97 Å². The van der Waals surface area contributed by atoms with Crippen molar-refractivity contribution in [1.82, 2.24) is 0 Å². The maximum atomic E-state index is 12.6. The first-order valence-electron chi connectivity index (χ1n) is 6.81. The fourth-order valence-corrected chi connectivity index (χ4v) is 3.22. The number of benzene rings is 1. The van der Waals surface area contributed by atoms with Gasteiger partial charge in [-0.05, 0) is 6.92 Å². The molecule has 1 aliphatic heterocycles. The lowest BCUT2D eigenvalue weighted by atomic mass is 9.79. The third-order valence-corrected chi connectivity index (χ3v) is 4.18. The minimum Gasteiger partial charge on any atom is -0.461 e. The molecular formula is C16H15NO5. The number of ketones is 1. The van der Waals surface area contributed by atoms with Crippen molar-refractivity contribution in [1.29, 1.82) is 0 Å². The molecule has 1 aliphatic carbocycles. The van der Waals surface area contributed by atoms with Crippen LogP contribution in [0.1, 0.15) is 22.8 Å². The highest BCUT2D eigenvalue weighted by Crippen LogP contribution is 2.53. The van der Waals surface area contributed by atoms with Crippen molar-refractivity contribution in [3.63, 3.8) is 0 Å². The Hall–Kier alpha value is -2.31. The highest BCUT2D eigenvalue weighted by atomic mass is 16.5. The van der Waals surface area contributed by atoms with Crippen molar-refractivity contribution in [2.45, 2.75) is 18.2 Å². The molecule has 0 bridgehead atoms. The molecule has 0 saturated carbocycles. The van der Waals surface area contributed by atoms with Crippen LogP contribution in [0.25, 0.3) is 0 Å². The third kappa shape index (κ3) is 1.53. The van der Waals surface area contributed by atoms with Crippen LogP contribution in [0, 0.1) is 5.92 Å². The molecule has 114 valence electrons. The van der Waals surface area contributed by atoms with Crippen LogP contribution < -0.4 is 0 Å². The summed E-state index contributed by atoms with van der Waals surface area (Å²) in [7, 11) is 0. The summed E-state index contributed by atoms with van der Waals surface area (Å²) in [6, 6.07) is 6.25. The summed E-state index contributed by atoms with van der Waals surface area (Å²) >= 11 is 0. The molecule has 1 aromatic rings. The minimum atomic E-state index is -2.38. The molecule has 2 aliphatic rings. The molecule has 1 unspecified atom stereocenters. The summed E-state index contributed by atoms with van der Waals surface area (Å²) in [4.78, 5) is 28.9. The number of esters is 1. The van der Waals surface area contributed by atoms with Gasteiger partial charge in [0.1, 0.15) is 12.5 Å². The van der Waals surface area contributed by atoms with Crippen LogP contribution >= 0.6 is 0 Å². The first-order chi connectivity index (χ1) is 10.4. The summed E-state index contributed by atoms with van der Waals surface area (Å²) in [6.45, 7) is 4.86. The monoisotopic (exact) mass is 301 g/mol. The van der Waals surface area contributed by atoms with E-state index in [1.807, 2.05) is 0 Å². The van der Waals surface area contributed by atoms with E-state index in [0.717, 1.165) is 0 Å². The molecule has 22 heavy (non-hydrogen) atoms. The van der Waals surface area contributed by atoms with E-state index in [1.54, 1.807) is 12.1 Å². The second-order valence-corrected chi connectivity index (χ2v) is 5.42. The smallest absolute Gasteiger partial charge is 0.318 e. The topological polar surface area (TPSA) is 96.2 Å². The van der Waals surface area contributed by atoms with Gasteiger partial charge < -0.3 is 14.9 Å². The van der Waals surface area contributed by atoms with Gasteiger partial charge in [-0.1, -0.05) is 36.9 Å². The van der Waals surface area contributed by atoms with Gasteiger partial charge in [-0.3, -0.25) is 14.6 Å². The number of nitrogens with zero attached hydrogens (tertiary/aromatic N) is 1. The first kappa shape index (κ1) is 14.6. The van der Waals surface area contributed by atoms with Crippen molar-refractivity contribution in [3.8, 4) is 0 Å². The number of hydrogen-bond donors (Lipinski definition) is 2. The zero-order valence-corrected chi connectivity index (χ0v) is 11.9. The van der Waals surface area contributed by atoms with Crippen LogP contribution in [-0.2, 0) is 15.3 Å². The van der Waals surface area contributed by atoms with Crippen LogP contribution in [0.2, 0.25) is 0 Å². The van der Waals surface area contributed by atoms with E-state index in [-0.39, 0.29) is 23.4 Å². The molecule has 0 amide bonds. The van der Waals surface area contributed by atoms with Crippen molar-refractivity contribution in [3.05, 3.63) is 48.0 Å². The molecule has 0 spiro atoms. The Balaban J connectivity index is 2.14. The maximum Gasteiger partial charge on any atom is 0.318 e. The fourth-order valence-electron chi connectivity index (χ4n) is 3.22. The second-order valence-electron chi connectivity index (χ2n) is 5.42. The van der Waals surface area contributed by atoms with Crippen molar-refractivity contribution in [2.75, 3.05) is 6.61 Å². The number of rotatable bonds is 3. The largest absolute Gasteiger partial charge is 0.461 e. The van der Waals surface area contributed by atoms with Crippen molar-refractivity contribution < 1.29 is 24.5 Å². The molecule has 1 aromatic carbocycles. The SMILES string of the molecule is C=CCOC(=O)C1C(C)=N[C@@]2(O)c3ccccc3C(=O)[C@@]12O. The van der Waals surface area contributed by atoms with Gasteiger partial charge in [0.15, 0.2) is 5.60 Å². The van der Waals surface area contributed by atoms with E-state index in [4.69, 9.17) is 4.74 Å². The average molecular weight is 301 g/mol. The average Bonchev–Trinajstić information content (AvgIpc) is 2.80. The van der Waals surface area contributed by atoms with E-state index in [9.17, 15) is 19.8 Å². The molecular weight excluding hydrogens is 286 g/mol. The third-order valence-electron chi connectivity index (χ3n) is 4.18. The van der Waals surface area contributed by atoms with Gasteiger partial charge in [0.05, 0.1) is 0 Å². The number of aliphatic hydroxyl groups is 2. The first-order valence-corrected chi connectivity index (χ1v) is 6.81. The van der Waals surface area contributed by atoms with E-state index in [0.29, 0.717) is 0 Å². The quantitative estimate of drug-likeness (QED) is 0.629. The van der Waals surface area contributed by atoms with Gasteiger partial charge in [-0.15, -0.1) is 0 Å². The zero-order chi connectivity index (χ0) is 16.1. The van der Waals surface area contributed by atoms with Gasteiger partial charge in [0.2, 0.25) is 11.5 Å². The lowest BCUT2D eigenvalue weighted by Crippen LogP contribution is -2.56. The Morgan fingerprint density at radius 1 is 1.45 bits per heavy atom. The van der Waals surface area contributed by atoms with Gasteiger partial charge in [0, 0.05) is 16.8 Å². The Labute approximate surface area is 126 Å². The molecule has 2 N–H and O–H groups in total. The number of Topliss-reactive ketones (excluding diaryl/α,β-unsaturated/α-hetero) is 1. The number of fused-ring (bicyclic) bond motifs is 3. The maximum absolute atomic E-state index is 12.6. The second kappa shape index (κ2) is 4.59. The van der Waals surface area contributed by atoms with Crippen molar-refractivity contribution in [2.24, 2.45) is 10.9 Å². The standard InChI is InChI=1S/C16H15NO5/c1-3-8-22-14(19)12-9(2)17-16(21)11-7-5-4-6-10(11)13(18)15(12,16)20/h3-7,12,20-21H,1,8H2,2H3/t12?,15-,16+/m0/s1. The molecule has 0 aromatic heterocycles. The van der Waals surface area contributed by atoms with Crippen LogP contribution in [0.5, 0.6) is 0 Å². The predicted molar refractivity (Wildman–Crippen MR) is 77.4 cm³/mol. The Bertz CT molecular complexity index is 725. The number of ether oxygens (including phenoxy) is 1. The van der Waals surface area contributed by atoms with Crippen LogP contribution in [0.15, 0.2) is 41.9 Å². The van der Waals surface area contributed by atoms with Crippen LogP contribution in [0.3, 0.4) is 0 Å². The summed E-state index contributed by atoms with van der Waals surface area (Å²) < 4.78 is 4.95. The van der Waals surface area contributed by atoms with Gasteiger partial charge in [-0.2, -0.15) is 0 Å². The van der Waals surface area contributed by atoms with Crippen LogP contribution in [-0.4, -0.2) is 39.9 Å². The molecule has 6 nitrogen and oxygen atoms in total. The highest BCUT2D eigenvalue weighted by molar-refractivity contribution is 6.18. The van der Waals surface area contributed by atoms with Crippen LogP contribution in [0.4, 0.5) is 0 Å². The van der Waals surface area contributed by atoms with E-state index in [1.165, 1.54) is 25.1 Å². The van der Waals surface area contributed by atoms with Gasteiger partial charge in [-0.25, -0.2) is 0 Å². The zero-order valence-electron chi connectivity index (χ0n) is 11.9. The van der Waals surface area contributed by atoms with E-state index >= 15 is 0 Å². The number of aliphatic imine (C=N–C) groups is 1. The Kier molecular flexibility index (Phi) is 3.05. The Morgan fingerprint density at radius 2 is 2.14 bits per heavy atom. The summed E-state index contributed by atoms with van der Waals surface area (Å²) in [6.07, 6.45) is 1.38. The predicted octanol–water partition coefficient (Wildman–Crippen LogP) is 0.579. The van der Waals surface area contributed by atoms with E-state index < -0.39 is 29.0 Å². The molecule has 6 heteroatoms. The van der Waals surface area contributed by atoms with Crippen molar-refractivity contribution >= 4 is 17.5 Å². The number of carbonyl (C=O) groups excluding carboxylic acids is 2. The lowest BCUT2D eigenvalue weighted by Gasteiger charge is -2.31. The highest BCUT2D eigenvalue weighted by Gasteiger charge is 2.72. The van der Waals surface area contributed by atoms with E-state index in [2.05, 4.69) is 11.6 Å². The summed E-state index contributed by atoms with van der Waals surface area (Å²) in [5, 5.41) is 21.8. The van der Waals surface area contributed by atoms with Gasteiger partial charge in [0.25, 0.3) is 0 Å². The number of hydrogen-bond acceptors (Lipinski definition) is 6. The summed E-state index contributed by atoms with van der Waals surface area (Å²) in [5.74, 6) is -2.90. The minimum absolute atomic E-state index is 0.0573. The fraction of sp³-hybridized carbons (Fsp3) is 0.312. The molecule has 0 radical (unpaired) electrons. The normalized spacial score (nSPS) is 32.2. The summed E-state index contributed by atoms with van der Waals surface area (Å²) in [5.41, 5.74) is -4.03. The molecule has 0 saturated heterocycles. The molecule has 0 fully saturated rings. The molecule has 3 rings (SSSR count).